The zero-order valence-corrected chi connectivity index (χ0v) is 14.9. The van der Waals surface area contributed by atoms with Gasteiger partial charge in [0.25, 0.3) is 0 Å². The summed E-state index contributed by atoms with van der Waals surface area (Å²) in [6, 6.07) is 15.4. The summed E-state index contributed by atoms with van der Waals surface area (Å²) >= 11 is 5.96. The number of ether oxygens (including phenoxy) is 1. The van der Waals surface area contributed by atoms with Crippen molar-refractivity contribution in [3.63, 3.8) is 0 Å². The molecule has 0 aromatic heterocycles. The van der Waals surface area contributed by atoms with Crippen LogP contribution in [0.3, 0.4) is 0 Å². The second-order valence-electron chi connectivity index (χ2n) is 5.87. The van der Waals surface area contributed by atoms with Crippen LogP contribution < -0.4 is 9.64 Å². The van der Waals surface area contributed by atoms with Crippen LogP contribution in [0.1, 0.15) is 5.56 Å². The van der Waals surface area contributed by atoms with Gasteiger partial charge in [-0.05, 0) is 35.9 Å². The molecule has 0 atom stereocenters. The smallest absolute Gasteiger partial charge is 0.246 e. The topological polar surface area (TPSA) is 32.8 Å². The minimum atomic E-state index is 0.0275. The van der Waals surface area contributed by atoms with Crippen molar-refractivity contribution in [2.24, 2.45) is 0 Å². The van der Waals surface area contributed by atoms with Crippen LogP contribution in [-0.4, -0.2) is 44.1 Å². The number of hydrogen-bond donors (Lipinski definition) is 0. The molecule has 5 heteroatoms. The minimum Gasteiger partial charge on any atom is -0.495 e. The summed E-state index contributed by atoms with van der Waals surface area (Å²) in [7, 11) is 1.68. The van der Waals surface area contributed by atoms with Crippen LogP contribution in [0.2, 0.25) is 5.02 Å². The highest BCUT2D eigenvalue weighted by molar-refractivity contribution is 6.30. The highest BCUT2D eigenvalue weighted by atomic mass is 35.5. The molecule has 0 spiro atoms. The second kappa shape index (κ2) is 8.08. The lowest BCUT2D eigenvalue weighted by Crippen LogP contribution is -2.48. The molecule has 2 aromatic carbocycles. The number of amides is 1. The van der Waals surface area contributed by atoms with Crippen LogP contribution in [0.5, 0.6) is 5.75 Å². The molecule has 0 radical (unpaired) electrons. The SMILES string of the molecule is COc1ccccc1N1CCN(C(=O)C=Cc2cccc(Cl)c2)CC1. The largest absolute Gasteiger partial charge is 0.495 e. The van der Waals surface area contributed by atoms with Gasteiger partial charge in [0.05, 0.1) is 12.8 Å². The van der Waals surface area contributed by atoms with Crippen molar-refractivity contribution < 1.29 is 9.53 Å². The summed E-state index contributed by atoms with van der Waals surface area (Å²) in [5.41, 5.74) is 2.00. The molecule has 1 heterocycles. The fourth-order valence-corrected chi connectivity index (χ4v) is 3.14. The molecule has 2 aromatic rings. The molecule has 1 fully saturated rings. The third-order valence-corrected chi connectivity index (χ3v) is 4.52. The van der Waals surface area contributed by atoms with Crippen molar-refractivity contribution in [2.45, 2.75) is 0 Å². The molecule has 130 valence electrons. The number of nitrogens with zero attached hydrogens (tertiary/aromatic N) is 2. The maximum absolute atomic E-state index is 12.4. The van der Waals surface area contributed by atoms with Gasteiger partial charge in [0.15, 0.2) is 0 Å². The molecule has 25 heavy (non-hydrogen) atoms. The Morgan fingerprint density at radius 3 is 2.56 bits per heavy atom. The average Bonchev–Trinajstić information content (AvgIpc) is 2.66. The first kappa shape index (κ1) is 17.4. The number of carbonyl (C=O) groups is 1. The summed E-state index contributed by atoms with van der Waals surface area (Å²) < 4.78 is 5.43. The first-order valence-electron chi connectivity index (χ1n) is 8.28. The number of piperazine rings is 1. The van der Waals surface area contributed by atoms with E-state index in [0.29, 0.717) is 18.1 Å². The standard InChI is InChI=1S/C20H21ClN2O2/c1-25-19-8-3-2-7-18(19)22-11-13-23(14-12-22)20(24)10-9-16-5-4-6-17(21)15-16/h2-10,15H,11-14H2,1H3. The van der Waals surface area contributed by atoms with Gasteiger partial charge in [-0.3, -0.25) is 4.79 Å². The maximum atomic E-state index is 12.4. The van der Waals surface area contributed by atoms with Crippen LogP contribution in [0, 0.1) is 0 Å². The van der Waals surface area contributed by atoms with Gasteiger partial charge < -0.3 is 14.5 Å². The molecule has 0 N–H and O–H groups in total. The van der Waals surface area contributed by atoms with Crippen molar-refractivity contribution in [3.8, 4) is 5.75 Å². The molecule has 3 rings (SSSR count). The van der Waals surface area contributed by atoms with Crippen LogP contribution >= 0.6 is 11.6 Å². The average molecular weight is 357 g/mol. The van der Waals surface area contributed by atoms with Gasteiger partial charge in [-0.25, -0.2) is 0 Å². The number of para-hydroxylation sites is 2. The number of methoxy groups -OCH3 is 1. The van der Waals surface area contributed by atoms with Crippen molar-refractivity contribution in [1.82, 2.24) is 4.90 Å². The van der Waals surface area contributed by atoms with Gasteiger partial charge in [0.1, 0.15) is 5.75 Å². The minimum absolute atomic E-state index is 0.0275. The second-order valence-corrected chi connectivity index (χ2v) is 6.31. The fraction of sp³-hybridized carbons (Fsp3) is 0.250. The molecule has 0 aliphatic carbocycles. The molecule has 1 saturated heterocycles. The summed E-state index contributed by atoms with van der Waals surface area (Å²) in [5, 5.41) is 0.667. The fourth-order valence-electron chi connectivity index (χ4n) is 2.94. The zero-order valence-electron chi connectivity index (χ0n) is 14.2. The van der Waals surface area contributed by atoms with Crippen LogP contribution in [0.4, 0.5) is 5.69 Å². The Morgan fingerprint density at radius 1 is 1.08 bits per heavy atom. The Labute approximate surface area is 153 Å². The summed E-state index contributed by atoms with van der Waals surface area (Å²) in [5.74, 6) is 0.891. The Kier molecular flexibility index (Phi) is 5.61. The molecule has 1 aliphatic rings. The van der Waals surface area contributed by atoms with Crippen molar-refractivity contribution in [3.05, 3.63) is 65.2 Å². The van der Waals surface area contributed by atoms with Crippen LogP contribution in [0.25, 0.3) is 6.08 Å². The number of carbonyl (C=O) groups excluding carboxylic acids is 1. The molecule has 0 saturated carbocycles. The normalized spacial score (nSPS) is 14.8. The predicted octanol–water partition coefficient (Wildman–Crippen LogP) is 3.71. The number of hydrogen-bond acceptors (Lipinski definition) is 3. The Balaban J connectivity index is 1.59. The van der Waals surface area contributed by atoms with Gasteiger partial charge in [-0.1, -0.05) is 35.9 Å². The predicted molar refractivity (Wildman–Crippen MR) is 102 cm³/mol. The molecule has 0 unspecified atom stereocenters. The van der Waals surface area contributed by atoms with E-state index >= 15 is 0 Å². The molecular weight excluding hydrogens is 336 g/mol. The maximum Gasteiger partial charge on any atom is 0.246 e. The summed E-state index contributed by atoms with van der Waals surface area (Å²) in [6.07, 6.45) is 3.42. The van der Waals surface area contributed by atoms with Gasteiger partial charge in [0.2, 0.25) is 5.91 Å². The third-order valence-electron chi connectivity index (χ3n) is 4.28. The van der Waals surface area contributed by atoms with Crippen molar-refractivity contribution in [1.29, 1.82) is 0 Å². The molecule has 0 bridgehead atoms. The van der Waals surface area contributed by atoms with Crippen molar-refractivity contribution >= 4 is 29.3 Å². The van der Waals surface area contributed by atoms with Gasteiger partial charge in [-0.2, -0.15) is 0 Å². The lowest BCUT2D eigenvalue weighted by molar-refractivity contribution is -0.126. The van der Waals surface area contributed by atoms with E-state index in [2.05, 4.69) is 11.0 Å². The van der Waals surface area contributed by atoms with Gasteiger partial charge >= 0.3 is 0 Å². The lowest BCUT2D eigenvalue weighted by atomic mass is 10.2. The quantitative estimate of drug-likeness (QED) is 0.783. The van der Waals surface area contributed by atoms with E-state index in [4.69, 9.17) is 16.3 Å². The molecule has 1 amide bonds. The lowest BCUT2D eigenvalue weighted by Gasteiger charge is -2.36. The first-order valence-corrected chi connectivity index (χ1v) is 8.65. The van der Waals surface area contributed by atoms with Crippen LogP contribution in [0.15, 0.2) is 54.6 Å². The van der Waals surface area contributed by atoms with E-state index in [1.165, 1.54) is 0 Å². The summed E-state index contributed by atoms with van der Waals surface area (Å²) in [6.45, 7) is 2.96. The summed E-state index contributed by atoms with van der Waals surface area (Å²) in [4.78, 5) is 16.5. The third kappa shape index (κ3) is 4.34. The van der Waals surface area contributed by atoms with E-state index in [1.807, 2.05) is 47.4 Å². The van der Waals surface area contributed by atoms with E-state index in [-0.39, 0.29) is 5.91 Å². The van der Waals surface area contributed by atoms with E-state index in [9.17, 15) is 4.79 Å². The number of rotatable bonds is 4. The monoisotopic (exact) mass is 356 g/mol. The van der Waals surface area contributed by atoms with Gasteiger partial charge in [-0.15, -0.1) is 0 Å². The molecular formula is C20H21ClN2O2. The van der Waals surface area contributed by atoms with E-state index in [0.717, 1.165) is 30.1 Å². The highest BCUT2D eigenvalue weighted by Crippen LogP contribution is 2.28. The van der Waals surface area contributed by atoms with E-state index in [1.54, 1.807) is 19.3 Å². The van der Waals surface area contributed by atoms with E-state index < -0.39 is 0 Å². The molecule has 4 nitrogen and oxygen atoms in total. The first-order chi connectivity index (χ1) is 12.2. The van der Waals surface area contributed by atoms with Gasteiger partial charge in [0, 0.05) is 37.3 Å². The Hall–Kier alpha value is -2.46. The number of anilines is 1. The number of halogens is 1. The van der Waals surface area contributed by atoms with Crippen LogP contribution in [-0.2, 0) is 4.79 Å². The Bertz CT molecular complexity index is 768. The molecule has 1 aliphatic heterocycles. The number of benzene rings is 2. The highest BCUT2D eigenvalue weighted by Gasteiger charge is 2.21. The van der Waals surface area contributed by atoms with Crippen molar-refractivity contribution in [2.75, 3.05) is 38.2 Å². The zero-order chi connectivity index (χ0) is 17.6. The Morgan fingerprint density at radius 2 is 1.84 bits per heavy atom.